The maximum atomic E-state index is 12.7. The first-order chi connectivity index (χ1) is 15.7. The zero-order valence-corrected chi connectivity index (χ0v) is 18.4. The molecule has 32 heavy (non-hydrogen) atoms. The smallest absolute Gasteiger partial charge is 0.319 e. The Hall–Kier alpha value is -3.02. The van der Waals surface area contributed by atoms with E-state index in [0.717, 1.165) is 41.3 Å². The lowest BCUT2D eigenvalue weighted by atomic mass is 9.75. The van der Waals surface area contributed by atoms with Crippen LogP contribution in [0.1, 0.15) is 55.7 Å². The molecule has 1 unspecified atom stereocenters. The van der Waals surface area contributed by atoms with E-state index < -0.39 is 0 Å². The maximum Gasteiger partial charge on any atom is 0.319 e. The Bertz CT molecular complexity index is 1140. The van der Waals surface area contributed by atoms with Crippen LogP contribution in [0, 0.1) is 11.8 Å². The van der Waals surface area contributed by atoms with E-state index in [2.05, 4.69) is 43.9 Å². The van der Waals surface area contributed by atoms with Crippen LogP contribution in [0.15, 0.2) is 42.6 Å². The summed E-state index contributed by atoms with van der Waals surface area (Å²) in [5.41, 5.74) is 5.70. The summed E-state index contributed by atoms with van der Waals surface area (Å²) in [7, 11) is 0. The van der Waals surface area contributed by atoms with Crippen LogP contribution in [0.3, 0.4) is 0 Å². The number of hydrogen-bond acceptors (Lipinski definition) is 3. The molecule has 0 spiro atoms. The van der Waals surface area contributed by atoms with E-state index in [0.29, 0.717) is 0 Å². The van der Waals surface area contributed by atoms with Crippen molar-refractivity contribution in [1.29, 1.82) is 0 Å². The van der Waals surface area contributed by atoms with Gasteiger partial charge in [-0.1, -0.05) is 31.4 Å². The Morgan fingerprint density at radius 1 is 1.06 bits per heavy atom. The van der Waals surface area contributed by atoms with Gasteiger partial charge in [0.1, 0.15) is 0 Å². The van der Waals surface area contributed by atoms with Crippen LogP contribution in [0.2, 0.25) is 0 Å². The lowest BCUT2D eigenvalue weighted by Crippen LogP contribution is -2.41. The number of aryl methyl sites for hydroxylation is 1. The highest BCUT2D eigenvalue weighted by Gasteiger charge is 2.32. The van der Waals surface area contributed by atoms with Crippen LogP contribution in [0.25, 0.3) is 10.9 Å². The minimum Gasteiger partial charge on any atom is -0.371 e. The number of nitrogens with zero attached hydrogens (tertiary/aromatic N) is 2. The highest BCUT2D eigenvalue weighted by Crippen LogP contribution is 2.39. The number of fused-ring (bicyclic) bond motifs is 3. The van der Waals surface area contributed by atoms with E-state index in [9.17, 15) is 4.79 Å². The van der Waals surface area contributed by atoms with E-state index in [4.69, 9.17) is 0 Å². The molecule has 6 nitrogen and oxygen atoms in total. The fourth-order valence-electron chi connectivity index (χ4n) is 6.18. The van der Waals surface area contributed by atoms with Gasteiger partial charge in [-0.15, -0.1) is 0 Å². The molecule has 2 heterocycles. The van der Waals surface area contributed by atoms with Crippen LogP contribution in [0.5, 0.6) is 0 Å². The van der Waals surface area contributed by atoms with Gasteiger partial charge in [0.05, 0.1) is 23.4 Å². The Balaban J connectivity index is 1.13. The molecule has 2 aliphatic carbocycles. The third kappa shape index (κ3) is 3.61. The molecular formula is C26H31N5O. The number of hydrogen-bond donors (Lipinski definition) is 3. The Morgan fingerprint density at radius 3 is 2.91 bits per heavy atom. The normalized spacial score (nSPS) is 24.8. The van der Waals surface area contributed by atoms with Gasteiger partial charge in [-0.2, -0.15) is 5.10 Å². The second kappa shape index (κ2) is 8.15. The van der Waals surface area contributed by atoms with Crippen LogP contribution >= 0.6 is 0 Å². The maximum absolute atomic E-state index is 12.7. The third-order valence-corrected chi connectivity index (χ3v) is 7.90. The first-order valence-corrected chi connectivity index (χ1v) is 12.1. The molecule has 3 N–H and O–H groups in total. The molecule has 1 aromatic heterocycles. The van der Waals surface area contributed by atoms with Gasteiger partial charge in [-0.25, -0.2) is 4.79 Å². The molecule has 6 heteroatoms. The van der Waals surface area contributed by atoms with Gasteiger partial charge in [-0.05, 0) is 72.9 Å². The molecule has 3 atom stereocenters. The summed E-state index contributed by atoms with van der Waals surface area (Å²) in [5, 5.41) is 14.1. The highest BCUT2D eigenvalue weighted by molar-refractivity contribution is 6.00. The number of aromatic amines is 1. The van der Waals surface area contributed by atoms with Gasteiger partial charge in [-0.3, -0.25) is 5.10 Å². The van der Waals surface area contributed by atoms with Crippen molar-refractivity contribution in [2.24, 2.45) is 11.8 Å². The Labute approximate surface area is 188 Å². The molecule has 2 aromatic carbocycles. The molecule has 0 bridgehead atoms. The lowest BCUT2D eigenvalue weighted by molar-refractivity contribution is 0.202. The SMILES string of the molecule is O=C(Nc1cccc2[nH]ncc12)NC1CCc2cc(N3CC[C@H]4CCCC[C@H]4C3)ccc21. The van der Waals surface area contributed by atoms with E-state index in [1.54, 1.807) is 6.20 Å². The van der Waals surface area contributed by atoms with Crippen molar-refractivity contribution in [2.75, 3.05) is 23.3 Å². The zero-order chi connectivity index (χ0) is 21.5. The number of urea groups is 1. The molecule has 2 amide bonds. The molecule has 1 saturated carbocycles. The van der Waals surface area contributed by atoms with Gasteiger partial charge in [0.15, 0.2) is 0 Å². The number of H-pyrrole nitrogens is 1. The third-order valence-electron chi connectivity index (χ3n) is 7.90. The van der Waals surface area contributed by atoms with Gasteiger partial charge < -0.3 is 15.5 Å². The van der Waals surface area contributed by atoms with Crippen molar-refractivity contribution < 1.29 is 4.79 Å². The molecule has 1 saturated heterocycles. The predicted molar refractivity (Wildman–Crippen MR) is 128 cm³/mol. The summed E-state index contributed by atoms with van der Waals surface area (Å²) in [6, 6.07) is 12.6. The molecule has 3 aliphatic rings. The second-order valence-electron chi connectivity index (χ2n) is 9.75. The van der Waals surface area contributed by atoms with E-state index in [1.807, 2.05) is 18.2 Å². The number of benzene rings is 2. The molecule has 166 valence electrons. The first kappa shape index (κ1) is 19.6. The van der Waals surface area contributed by atoms with E-state index in [1.165, 1.54) is 62.0 Å². The molecule has 1 aliphatic heterocycles. The van der Waals surface area contributed by atoms with Gasteiger partial charge >= 0.3 is 6.03 Å². The summed E-state index contributed by atoms with van der Waals surface area (Å²) in [5.74, 6) is 1.83. The second-order valence-corrected chi connectivity index (χ2v) is 9.75. The number of anilines is 2. The van der Waals surface area contributed by atoms with Gasteiger partial charge in [0.25, 0.3) is 0 Å². The first-order valence-electron chi connectivity index (χ1n) is 12.1. The number of carbonyl (C=O) groups is 1. The standard InChI is InChI=1S/C26H31N5O/c32-26(28-23-6-3-7-25-22(23)15-27-30-25)29-24-11-8-18-14-20(9-10-21(18)24)31-13-12-17-4-1-2-5-19(17)16-31/h3,6-7,9-10,14-15,17,19,24H,1-2,4-5,8,11-13,16H2,(H,27,30)(H2,28,29,32)/t17-,19+,24?/m1/s1. The average molecular weight is 430 g/mol. The Morgan fingerprint density at radius 2 is 1.97 bits per heavy atom. The van der Waals surface area contributed by atoms with Crippen LogP contribution in [-0.2, 0) is 6.42 Å². The number of carbonyl (C=O) groups excluding carboxylic acids is 1. The number of nitrogens with one attached hydrogen (secondary N) is 3. The quantitative estimate of drug-likeness (QED) is 0.523. The van der Waals surface area contributed by atoms with E-state index in [-0.39, 0.29) is 12.1 Å². The molecular weight excluding hydrogens is 398 g/mol. The number of amides is 2. The lowest BCUT2D eigenvalue weighted by Gasteiger charge is -2.42. The molecule has 0 radical (unpaired) electrons. The highest BCUT2D eigenvalue weighted by atomic mass is 16.2. The predicted octanol–water partition coefficient (Wildman–Crippen LogP) is 5.39. The van der Waals surface area contributed by atoms with Crippen LogP contribution in [-0.4, -0.2) is 29.3 Å². The number of rotatable bonds is 3. The van der Waals surface area contributed by atoms with Crippen molar-refractivity contribution in [1.82, 2.24) is 15.5 Å². The largest absolute Gasteiger partial charge is 0.371 e. The Kier molecular flexibility index (Phi) is 5.01. The summed E-state index contributed by atoms with van der Waals surface area (Å²) < 4.78 is 0. The fourth-order valence-corrected chi connectivity index (χ4v) is 6.18. The monoisotopic (exact) mass is 429 g/mol. The summed E-state index contributed by atoms with van der Waals surface area (Å²) in [4.78, 5) is 15.3. The van der Waals surface area contributed by atoms with Crippen molar-refractivity contribution in [2.45, 2.75) is 51.0 Å². The van der Waals surface area contributed by atoms with Crippen molar-refractivity contribution in [3.8, 4) is 0 Å². The minimum atomic E-state index is -0.167. The van der Waals surface area contributed by atoms with Crippen LogP contribution < -0.4 is 15.5 Å². The summed E-state index contributed by atoms with van der Waals surface area (Å²) in [6.45, 7) is 2.40. The molecule has 2 fully saturated rings. The van der Waals surface area contributed by atoms with Crippen molar-refractivity contribution >= 4 is 28.3 Å². The van der Waals surface area contributed by atoms with Gasteiger partial charge in [0, 0.05) is 24.2 Å². The van der Waals surface area contributed by atoms with Crippen LogP contribution in [0.4, 0.5) is 16.2 Å². The van der Waals surface area contributed by atoms with Crippen molar-refractivity contribution in [3.63, 3.8) is 0 Å². The minimum absolute atomic E-state index is 0.0617. The summed E-state index contributed by atoms with van der Waals surface area (Å²) >= 11 is 0. The van der Waals surface area contributed by atoms with E-state index >= 15 is 0 Å². The number of piperidine rings is 1. The molecule has 6 rings (SSSR count). The van der Waals surface area contributed by atoms with Gasteiger partial charge in [0.2, 0.25) is 0 Å². The topological polar surface area (TPSA) is 73.0 Å². The number of aromatic nitrogens is 2. The fraction of sp³-hybridized carbons (Fsp3) is 0.462. The molecule has 3 aromatic rings. The van der Waals surface area contributed by atoms with Crippen molar-refractivity contribution in [3.05, 3.63) is 53.7 Å². The summed E-state index contributed by atoms with van der Waals surface area (Å²) in [6.07, 6.45) is 10.7. The zero-order valence-electron chi connectivity index (χ0n) is 18.4. The average Bonchev–Trinajstić information content (AvgIpc) is 3.46.